The summed E-state index contributed by atoms with van der Waals surface area (Å²) in [5.41, 5.74) is 0.0995. The number of benzene rings is 1. The minimum absolute atomic E-state index is 0.0462. The molecule has 0 radical (unpaired) electrons. The molecule has 1 aromatic carbocycles. The van der Waals surface area contributed by atoms with Crippen molar-refractivity contribution in [3.63, 3.8) is 0 Å². The molecule has 2 heterocycles. The highest BCUT2D eigenvalue weighted by Gasteiger charge is 2.29. The zero-order valence-corrected chi connectivity index (χ0v) is 14.8. The van der Waals surface area contributed by atoms with Crippen LogP contribution in [0.2, 0.25) is 0 Å². The highest BCUT2D eigenvalue weighted by Crippen LogP contribution is 2.31. The summed E-state index contributed by atoms with van der Waals surface area (Å²) in [6.45, 7) is 5.51. The Kier molecular flexibility index (Phi) is 4.84. The molecule has 0 saturated carbocycles. The molecule has 1 aliphatic heterocycles. The maximum Gasteiger partial charge on any atom is 0.410 e. The van der Waals surface area contributed by atoms with Gasteiger partial charge in [-0.15, -0.1) is 0 Å². The molecule has 26 heavy (non-hydrogen) atoms. The van der Waals surface area contributed by atoms with Crippen molar-refractivity contribution in [2.75, 3.05) is 6.54 Å². The van der Waals surface area contributed by atoms with Gasteiger partial charge in [0.25, 0.3) is 0 Å². The number of nitrogens with zero attached hydrogens (tertiary/aromatic N) is 2. The van der Waals surface area contributed by atoms with Crippen LogP contribution in [0.5, 0.6) is 5.75 Å². The van der Waals surface area contributed by atoms with Gasteiger partial charge in [0, 0.05) is 12.1 Å². The molecule has 1 aliphatic rings. The van der Waals surface area contributed by atoms with Gasteiger partial charge in [0.15, 0.2) is 23.7 Å². The largest absolute Gasteiger partial charge is 0.482 e. The Labute approximate surface area is 149 Å². The normalized spacial score (nSPS) is 14.1. The molecule has 3 rings (SSSR count). The van der Waals surface area contributed by atoms with Crippen molar-refractivity contribution in [1.82, 2.24) is 9.88 Å². The number of hydrogen-bond donors (Lipinski definition) is 0. The smallest absolute Gasteiger partial charge is 0.410 e. The van der Waals surface area contributed by atoms with E-state index in [1.54, 1.807) is 20.8 Å². The quantitative estimate of drug-likeness (QED) is 0.826. The SMILES string of the molecule is CC(C)(C)OC(=O)N1CCc2cc(OCc3cnco3)c(F)c(F)c2C1. The van der Waals surface area contributed by atoms with Crippen molar-refractivity contribution in [2.24, 2.45) is 0 Å². The minimum atomic E-state index is -1.09. The molecule has 8 heteroatoms. The molecule has 140 valence electrons. The Morgan fingerprint density at radius 2 is 2.12 bits per heavy atom. The van der Waals surface area contributed by atoms with Crippen LogP contribution in [0.15, 0.2) is 23.1 Å². The molecule has 0 atom stereocenters. The lowest BCUT2D eigenvalue weighted by molar-refractivity contribution is 0.0221. The van der Waals surface area contributed by atoms with Crippen LogP contribution in [-0.2, 0) is 24.3 Å². The number of aromatic nitrogens is 1. The van der Waals surface area contributed by atoms with E-state index in [1.165, 1.54) is 23.6 Å². The highest BCUT2D eigenvalue weighted by molar-refractivity contribution is 5.68. The number of fused-ring (bicyclic) bond motifs is 1. The fourth-order valence-electron chi connectivity index (χ4n) is 2.66. The standard InChI is InChI=1S/C18H20F2N2O4/c1-18(2,3)26-17(23)22-5-4-11-6-14(16(20)15(19)13(11)8-22)24-9-12-7-21-10-25-12/h6-7,10H,4-5,8-9H2,1-3H3. The van der Waals surface area contributed by atoms with Crippen molar-refractivity contribution in [3.8, 4) is 5.75 Å². The summed E-state index contributed by atoms with van der Waals surface area (Å²) in [4.78, 5) is 17.3. The Balaban J connectivity index is 1.77. The van der Waals surface area contributed by atoms with E-state index in [0.29, 0.717) is 24.3 Å². The van der Waals surface area contributed by atoms with Crippen LogP contribution >= 0.6 is 0 Å². The van der Waals surface area contributed by atoms with Gasteiger partial charge in [-0.3, -0.25) is 0 Å². The molecule has 0 fully saturated rings. The molecule has 0 N–H and O–H groups in total. The van der Waals surface area contributed by atoms with Crippen LogP contribution in [0.4, 0.5) is 13.6 Å². The Bertz CT molecular complexity index is 801. The van der Waals surface area contributed by atoms with Crippen molar-refractivity contribution in [2.45, 2.75) is 45.9 Å². The molecular formula is C18H20F2N2O4. The zero-order chi connectivity index (χ0) is 18.9. The third kappa shape index (κ3) is 3.95. The van der Waals surface area contributed by atoms with Gasteiger partial charge in [0.1, 0.15) is 12.2 Å². The van der Waals surface area contributed by atoms with Crippen LogP contribution in [0.3, 0.4) is 0 Å². The van der Waals surface area contributed by atoms with E-state index in [2.05, 4.69) is 4.98 Å². The summed E-state index contributed by atoms with van der Waals surface area (Å²) in [5.74, 6) is -1.89. The van der Waals surface area contributed by atoms with Crippen LogP contribution in [0, 0.1) is 11.6 Å². The number of oxazole rings is 1. The summed E-state index contributed by atoms with van der Waals surface area (Å²) in [6, 6.07) is 1.47. The fourth-order valence-corrected chi connectivity index (χ4v) is 2.66. The van der Waals surface area contributed by atoms with Crippen LogP contribution in [0.1, 0.15) is 37.7 Å². The van der Waals surface area contributed by atoms with Crippen molar-refractivity contribution in [1.29, 1.82) is 0 Å². The topological polar surface area (TPSA) is 64.8 Å². The van der Waals surface area contributed by atoms with Gasteiger partial charge in [0.2, 0.25) is 5.82 Å². The maximum atomic E-state index is 14.5. The van der Waals surface area contributed by atoms with Gasteiger partial charge in [0.05, 0.1) is 12.7 Å². The average molecular weight is 366 g/mol. The molecule has 0 saturated heterocycles. The van der Waals surface area contributed by atoms with Crippen LogP contribution in [0.25, 0.3) is 0 Å². The van der Waals surface area contributed by atoms with Gasteiger partial charge < -0.3 is 18.8 Å². The number of halogens is 2. The number of ether oxygens (including phenoxy) is 2. The van der Waals surface area contributed by atoms with Gasteiger partial charge in [-0.2, -0.15) is 4.39 Å². The first-order valence-corrected chi connectivity index (χ1v) is 8.22. The fraction of sp³-hybridized carbons (Fsp3) is 0.444. The average Bonchev–Trinajstić information content (AvgIpc) is 3.08. The van der Waals surface area contributed by atoms with Crippen molar-refractivity contribution >= 4 is 6.09 Å². The molecule has 2 aromatic rings. The Hall–Kier alpha value is -2.64. The second kappa shape index (κ2) is 6.93. The number of rotatable bonds is 3. The van der Waals surface area contributed by atoms with Crippen molar-refractivity contribution < 1.29 is 27.5 Å². The molecule has 0 bridgehead atoms. The lowest BCUT2D eigenvalue weighted by Gasteiger charge is -2.31. The lowest BCUT2D eigenvalue weighted by atomic mass is 9.98. The first-order valence-electron chi connectivity index (χ1n) is 8.22. The number of carbonyl (C=O) groups excluding carboxylic acids is 1. The van der Waals surface area contributed by atoms with Gasteiger partial charge in [-0.05, 0) is 38.8 Å². The highest BCUT2D eigenvalue weighted by atomic mass is 19.2. The molecule has 1 aromatic heterocycles. The van der Waals surface area contributed by atoms with Crippen LogP contribution < -0.4 is 4.74 Å². The monoisotopic (exact) mass is 366 g/mol. The van der Waals surface area contributed by atoms with Gasteiger partial charge in [-0.1, -0.05) is 0 Å². The molecule has 0 aliphatic carbocycles. The van der Waals surface area contributed by atoms with E-state index in [4.69, 9.17) is 13.9 Å². The molecule has 6 nitrogen and oxygen atoms in total. The first-order chi connectivity index (χ1) is 12.2. The van der Waals surface area contributed by atoms with E-state index >= 15 is 0 Å². The first kappa shape index (κ1) is 18.2. The maximum absolute atomic E-state index is 14.5. The summed E-state index contributed by atoms with van der Waals surface area (Å²) in [7, 11) is 0. The minimum Gasteiger partial charge on any atom is -0.482 e. The third-order valence-electron chi connectivity index (χ3n) is 3.87. The van der Waals surface area contributed by atoms with E-state index in [-0.39, 0.29) is 24.5 Å². The predicted octanol–water partition coefficient (Wildman–Crippen LogP) is 3.83. The Morgan fingerprint density at radius 3 is 2.77 bits per heavy atom. The zero-order valence-electron chi connectivity index (χ0n) is 14.8. The number of carbonyl (C=O) groups is 1. The van der Waals surface area contributed by atoms with E-state index in [1.807, 2.05) is 0 Å². The van der Waals surface area contributed by atoms with Gasteiger partial charge in [-0.25, -0.2) is 14.2 Å². The summed E-state index contributed by atoms with van der Waals surface area (Å²) in [6.07, 6.45) is 2.50. The summed E-state index contributed by atoms with van der Waals surface area (Å²) in [5, 5.41) is 0. The van der Waals surface area contributed by atoms with Crippen molar-refractivity contribution in [3.05, 3.63) is 47.2 Å². The second-order valence-corrected chi connectivity index (χ2v) is 7.05. The molecule has 1 amide bonds. The third-order valence-corrected chi connectivity index (χ3v) is 3.87. The number of hydrogen-bond acceptors (Lipinski definition) is 5. The Morgan fingerprint density at radius 1 is 1.35 bits per heavy atom. The lowest BCUT2D eigenvalue weighted by Crippen LogP contribution is -2.40. The molecule has 0 unspecified atom stereocenters. The molecule has 0 spiro atoms. The number of amides is 1. The summed E-state index contributed by atoms with van der Waals surface area (Å²) >= 11 is 0. The van der Waals surface area contributed by atoms with E-state index < -0.39 is 23.3 Å². The van der Waals surface area contributed by atoms with Crippen LogP contribution in [-0.4, -0.2) is 28.1 Å². The van der Waals surface area contributed by atoms with E-state index in [0.717, 1.165) is 0 Å². The molecular weight excluding hydrogens is 346 g/mol. The predicted molar refractivity (Wildman–Crippen MR) is 87.5 cm³/mol. The second-order valence-electron chi connectivity index (χ2n) is 7.05. The summed E-state index contributed by atoms with van der Waals surface area (Å²) < 4.78 is 44.5. The van der Waals surface area contributed by atoms with Gasteiger partial charge >= 0.3 is 6.09 Å². The van der Waals surface area contributed by atoms with E-state index in [9.17, 15) is 13.6 Å².